The van der Waals surface area contributed by atoms with Crippen molar-refractivity contribution in [1.29, 1.82) is 5.41 Å². The summed E-state index contributed by atoms with van der Waals surface area (Å²) in [7, 11) is 0. The van der Waals surface area contributed by atoms with Crippen LogP contribution in [-0.2, 0) is 4.79 Å². The van der Waals surface area contributed by atoms with Gasteiger partial charge in [0.05, 0.1) is 16.0 Å². The zero-order valence-electron chi connectivity index (χ0n) is 13.0. The maximum atomic E-state index is 12.3. The highest BCUT2D eigenvalue weighted by Crippen LogP contribution is 2.32. The highest BCUT2D eigenvalue weighted by atomic mass is 32.2. The van der Waals surface area contributed by atoms with Crippen molar-refractivity contribution < 1.29 is 14.7 Å². The standard InChI is InChI=1S/C17H10N4O3S2/c18-13-11(8-9-3-5-10(6-4-9)16(23)24)14(22)19-17-21(13)20-15(26-17)12-2-1-7-25-12/h1-8,18H,(H,23,24)/b11-8-,18-13?. The molecule has 2 aromatic rings. The lowest BCUT2D eigenvalue weighted by molar-refractivity contribution is -0.114. The minimum absolute atomic E-state index is 0.0543. The molecule has 0 saturated heterocycles. The van der Waals surface area contributed by atoms with E-state index in [1.807, 2.05) is 17.5 Å². The molecule has 0 radical (unpaired) electrons. The zero-order valence-corrected chi connectivity index (χ0v) is 14.7. The molecular formula is C17H10N4O3S2. The van der Waals surface area contributed by atoms with Crippen LogP contribution in [0.4, 0.5) is 0 Å². The molecule has 1 aromatic heterocycles. The first kappa shape index (κ1) is 16.4. The average molecular weight is 382 g/mol. The Hall–Kier alpha value is -3.04. The van der Waals surface area contributed by atoms with E-state index in [4.69, 9.17) is 10.5 Å². The molecule has 0 bridgehead atoms. The number of hydrazone groups is 1. The van der Waals surface area contributed by atoms with Crippen molar-refractivity contribution in [3.8, 4) is 0 Å². The molecule has 0 aliphatic carbocycles. The molecule has 1 aromatic carbocycles. The molecule has 128 valence electrons. The second-order valence-electron chi connectivity index (χ2n) is 5.33. The van der Waals surface area contributed by atoms with Gasteiger partial charge in [-0.15, -0.1) is 11.3 Å². The van der Waals surface area contributed by atoms with E-state index in [1.54, 1.807) is 12.1 Å². The number of hydrogen-bond acceptors (Lipinski definition) is 6. The summed E-state index contributed by atoms with van der Waals surface area (Å²) >= 11 is 2.78. The molecule has 0 spiro atoms. The Morgan fingerprint density at radius 3 is 2.65 bits per heavy atom. The van der Waals surface area contributed by atoms with Gasteiger partial charge in [-0.1, -0.05) is 18.2 Å². The highest BCUT2D eigenvalue weighted by molar-refractivity contribution is 8.27. The van der Waals surface area contributed by atoms with Crippen LogP contribution in [0.1, 0.15) is 20.8 Å². The van der Waals surface area contributed by atoms with Crippen LogP contribution in [0.5, 0.6) is 0 Å². The van der Waals surface area contributed by atoms with Crippen LogP contribution < -0.4 is 0 Å². The van der Waals surface area contributed by atoms with Crippen LogP contribution in [0, 0.1) is 5.41 Å². The third kappa shape index (κ3) is 2.87. The number of nitrogens with zero attached hydrogens (tertiary/aromatic N) is 3. The fourth-order valence-electron chi connectivity index (χ4n) is 2.38. The summed E-state index contributed by atoms with van der Waals surface area (Å²) in [5.74, 6) is -1.59. The monoisotopic (exact) mass is 382 g/mol. The van der Waals surface area contributed by atoms with Crippen molar-refractivity contribution in [2.75, 3.05) is 0 Å². The first-order valence-corrected chi connectivity index (χ1v) is 9.10. The lowest BCUT2D eigenvalue weighted by Crippen LogP contribution is -2.35. The van der Waals surface area contributed by atoms with Gasteiger partial charge in [-0.25, -0.2) is 4.79 Å². The number of nitrogens with one attached hydrogen (secondary N) is 1. The largest absolute Gasteiger partial charge is 0.478 e. The Kier molecular flexibility index (Phi) is 4.02. The molecule has 3 heterocycles. The van der Waals surface area contributed by atoms with Crippen molar-refractivity contribution in [2.24, 2.45) is 10.1 Å². The Bertz CT molecular complexity index is 1020. The Morgan fingerprint density at radius 1 is 1.23 bits per heavy atom. The first-order valence-electron chi connectivity index (χ1n) is 7.40. The minimum Gasteiger partial charge on any atom is -0.478 e. The first-order chi connectivity index (χ1) is 12.5. The predicted octanol–water partition coefficient (Wildman–Crippen LogP) is 3.11. The van der Waals surface area contributed by atoms with E-state index < -0.39 is 11.9 Å². The SMILES string of the molecule is N=C1/C(=C/c2ccc(C(=O)O)cc2)C(=O)N=C2SC(c3cccs3)=NN12. The van der Waals surface area contributed by atoms with Crippen LogP contribution in [0.2, 0.25) is 0 Å². The molecule has 2 aliphatic heterocycles. The number of aromatic carboxylic acids is 1. The van der Waals surface area contributed by atoms with Crippen LogP contribution >= 0.6 is 23.1 Å². The van der Waals surface area contributed by atoms with Crippen molar-refractivity contribution in [2.45, 2.75) is 0 Å². The highest BCUT2D eigenvalue weighted by Gasteiger charge is 2.36. The summed E-state index contributed by atoms with van der Waals surface area (Å²) in [5, 5.41) is 26.0. The Labute approximate surface area is 155 Å². The number of carbonyl (C=O) groups is 2. The van der Waals surface area contributed by atoms with Gasteiger partial charge in [0.1, 0.15) is 5.04 Å². The van der Waals surface area contributed by atoms with Gasteiger partial charge in [-0.3, -0.25) is 10.2 Å². The fraction of sp³-hybridized carbons (Fsp3) is 0. The molecule has 26 heavy (non-hydrogen) atoms. The molecule has 0 saturated carbocycles. The quantitative estimate of drug-likeness (QED) is 0.794. The number of amides is 1. The molecule has 7 nitrogen and oxygen atoms in total. The van der Waals surface area contributed by atoms with E-state index in [9.17, 15) is 9.59 Å². The van der Waals surface area contributed by atoms with Crippen LogP contribution in [0.15, 0.2) is 57.4 Å². The molecule has 1 amide bonds. The summed E-state index contributed by atoms with van der Waals surface area (Å²) in [4.78, 5) is 28.2. The number of carboxylic acid groups (broad SMARTS) is 1. The van der Waals surface area contributed by atoms with Crippen molar-refractivity contribution in [3.05, 3.63) is 63.4 Å². The van der Waals surface area contributed by atoms with Gasteiger partial charge in [0.2, 0.25) is 5.17 Å². The van der Waals surface area contributed by atoms with Gasteiger partial charge in [-0.2, -0.15) is 15.1 Å². The van der Waals surface area contributed by atoms with Crippen LogP contribution in [-0.4, -0.2) is 38.0 Å². The smallest absolute Gasteiger partial charge is 0.335 e. The van der Waals surface area contributed by atoms with Gasteiger partial charge >= 0.3 is 5.97 Å². The van der Waals surface area contributed by atoms with Gasteiger partial charge in [0.25, 0.3) is 5.91 Å². The van der Waals surface area contributed by atoms with Crippen molar-refractivity contribution >= 4 is 57.1 Å². The van der Waals surface area contributed by atoms with Crippen LogP contribution in [0.3, 0.4) is 0 Å². The van der Waals surface area contributed by atoms with E-state index in [-0.39, 0.29) is 17.0 Å². The van der Waals surface area contributed by atoms with E-state index >= 15 is 0 Å². The minimum atomic E-state index is -1.02. The van der Waals surface area contributed by atoms with E-state index in [2.05, 4.69) is 10.1 Å². The Morgan fingerprint density at radius 2 is 2.00 bits per heavy atom. The van der Waals surface area contributed by atoms with Crippen LogP contribution in [0.25, 0.3) is 6.08 Å². The molecular weight excluding hydrogens is 372 g/mol. The molecule has 0 atom stereocenters. The summed E-state index contributed by atoms with van der Waals surface area (Å²) in [5.41, 5.74) is 0.864. The number of fused-ring (bicyclic) bond motifs is 1. The zero-order chi connectivity index (χ0) is 18.3. The number of thioether (sulfide) groups is 1. The van der Waals surface area contributed by atoms with Gasteiger partial charge in [0.15, 0.2) is 5.84 Å². The average Bonchev–Trinajstić information content (AvgIpc) is 3.28. The summed E-state index contributed by atoms with van der Waals surface area (Å²) < 4.78 is 0. The van der Waals surface area contributed by atoms with E-state index in [0.717, 1.165) is 4.88 Å². The molecule has 2 aliphatic rings. The number of benzene rings is 1. The van der Waals surface area contributed by atoms with E-state index in [0.29, 0.717) is 15.8 Å². The number of carboxylic acids is 1. The Balaban J connectivity index is 1.66. The normalized spacial score (nSPS) is 18.0. The van der Waals surface area contributed by atoms with Crippen molar-refractivity contribution in [1.82, 2.24) is 5.01 Å². The number of carbonyl (C=O) groups excluding carboxylic acids is 1. The number of thiophene rings is 1. The lowest BCUT2D eigenvalue weighted by atomic mass is 10.1. The number of aliphatic imine (C=N–C) groups is 1. The molecule has 4 rings (SSSR count). The van der Waals surface area contributed by atoms with Gasteiger partial charge < -0.3 is 5.11 Å². The van der Waals surface area contributed by atoms with Gasteiger partial charge in [-0.05, 0) is 47.0 Å². The summed E-state index contributed by atoms with van der Waals surface area (Å²) in [6, 6.07) is 9.87. The maximum Gasteiger partial charge on any atom is 0.335 e. The fourth-order valence-corrected chi connectivity index (χ4v) is 4.06. The maximum absolute atomic E-state index is 12.3. The molecule has 0 fully saturated rings. The number of rotatable bonds is 3. The molecule has 9 heteroatoms. The topological polar surface area (TPSA) is 106 Å². The lowest BCUT2D eigenvalue weighted by Gasteiger charge is -2.20. The molecule has 2 N–H and O–H groups in total. The second-order valence-corrected chi connectivity index (χ2v) is 7.23. The summed E-state index contributed by atoms with van der Waals surface area (Å²) in [6.45, 7) is 0. The summed E-state index contributed by atoms with van der Waals surface area (Å²) in [6.07, 6.45) is 1.51. The second kappa shape index (κ2) is 6.36. The van der Waals surface area contributed by atoms with E-state index in [1.165, 1.54) is 46.3 Å². The number of hydrogen-bond donors (Lipinski definition) is 2. The van der Waals surface area contributed by atoms with Crippen molar-refractivity contribution in [3.63, 3.8) is 0 Å². The molecule has 0 unspecified atom stereocenters. The van der Waals surface area contributed by atoms with Gasteiger partial charge in [0, 0.05) is 0 Å². The third-order valence-electron chi connectivity index (χ3n) is 3.66. The number of amidine groups is 2. The predicted molar refractivity (Wildman–Crippen MR) is 102 cm³/mol. The third-order valence-corrected chi connectivity index (χ3v) is 5.60.